The Labute approximate surface area is 122 Å². The van der Waals surface area contributed by atoms with Crippen LogP contribution in [0.3, 0.4) is 0 Å². The van der Waals surface area contributed by atoms with E-state index < -0.39 is 0 Å². The normalized spacial score (nSPS) is 12.8. The molecule has 2 aromatic carbocycles. The van der Waals surface area contributed by atoms with E-state index in [0.717, 1.165) is 5.56 Å². The number of carbonyl (C=O) groups excluding carboxylic acids is 1. The van der Waals surface area contributed by atoms with Crippen LogP contribution in [0.4, 0.5) is 11.4 Å². The molecule has 1 aliphatic heterocycles. The Bertz CT molecular complexity index is 698. The lowest BCUT2D eigenvalue weighted by Crippen LogP contribution is -2.17. The highest BCUT2D eigenvalue weighted by atomic mass is 16.6. The number of anilines is 2. The Kier molecular flexibility index (Phi) is 3.39. The highest BCUT2D eigenvalue weighted by Crippen LogP contribution is 2.32. The molecule has 0 unspecified atom stereocenters. The summed E-state index contributed by atoms with van der Waals surface area (Å²) in [5, 5.41) is 2.85. The molecule has 5 heteroatoms. The smallest absolute Gasteiger partial charge is 0.256 e. The molecule has 0 saturated heterocycles. The number of hydrogen-bond donors (Lipinski definition) is 2. The van der Waals surface area contributed by atoms with Gasteiger partial charge in [-0.3, -0.25) is 4.79 Å². The molecule has 3 rings (SSSR count). The zero-order valence-electron chi connectivity index (χ0n) is 11.7. The van der Waals surface area contributed by atoms with Crippen LogP contribution in [0.1, 0.15) is 15.9 Å². The minimum absolute atomic E-state index is 0.198. The predicted octanol–water partition coefficient (Wildman–Crippen LogP) is 2.60. The van der Waals surface area contributed by atoms with Gasteiger partial charge >= 0.3 is 0 Å². The molecule has 21 heavy (non-hydrogen) atoms. The summed E-state index contributed by atoms with van der Waals surface area (Å²) in [7, 11) is 0. The van der Waals surface area contributed by atoms with Crippen LogP contribution >= 0.6 is 0 Å². The van der Waals surface area contributed by atoms with Gasteiger partial charge in [-0.2, -0.15) is 0 Å². The maximum absolute atomic E-state index is 12.3. The summed E-state index contributed by atoms with van der Waals surface area (Å²) in [5.41, 5.74) is 8.39. The molecule has 0 fully saturated rings. The zero-order valence-corrected chi connectivity index (χ0v) is 11.7. The Balaban J connectivity index is 1.83. The van der Waals surface area contributed by atoms with Crippen molar-refractivity contribution in [1.29, 1.82) is 0 Å². The Morgan fingerprint density at radius 1 is 1.10 bits per heavy atom. The maximum Gasteiger partial charge on any atom is 0.256 e. The first-order valence-corrected chi connectivity index (χ1v) is 6.70. The summed E-state index contributed by atoms with van der Waals surface area (Å²) in [6.07, 6.45) is 0. The van der Waals surface area contributed by atoms with Gasteiger partial charge in [0.25, 0.3) is 5.91 Å². The van der Waals surface area contributed by atoms with Crippen LogP contribution in [0.25, 0.3) is 0 Å². The number of amides is 1. The van der Waals surface area contributed by atoms with E-state index in [2.05, 4.69) is 5.32 Å². The van der Waals surface area contributed by atoms with Crippen molar-refractivity contribution in [3.8, 4) is 11.5 Å². The molecule has 0 bridgehead atoms. The van der Waals surface area contributed by atoms with Crippen molar-refractivity contribution in [2.45, 2.75) is 6.92 Å². The van der Waals surface area contributed by atoms with Crippen molar-refractivity contribution in [3.63, 3.8) is 0 Å². The third-order valence-electron chi connectivity index (χ3n) is 3.31. The summed E-state index contributed by atoms with van der Waals surface area (Å²) < 4.78 is 10.9. The van der Waals surface area contributed by atoms with E-state index in [4.69, 9.17) is 15.2 Å². The second kappa shape index (κ2) is 5.36. The SMILES string of the molecule is Cc1ccc(N)cc1C(=O)Nc1ccc2c(c1)OCCO2. The second-order valence-corrected chi connectivity index (χ2v) is 4.89. The van der Waals surface area contributed by atoms with Crippen molar-refractivity contribution in [2.24, 2.45) is 0 Å². The Morgan fingerprint density at radius 3 is 2.67 bits per heavy atom. The van der Waals surface area contributed by atoms with E-state index in [-0.39, 0.29) is 5.91 Å². The van der Waals surface area contributed by atoms with Crippen molar-refractivity contribution in [2.75, 3.05) is 24.3 Å². The average molecular weight is 284 g/mol. The Morgan fingerprint density at radius 2 is 1.86 bits per heavy atom. The monoisotopic (exact) mass is 284 g/mol. The number of fused-ring (bicyclic) bond motifs is 1. The molecule has 108 valence electrons. The maximum atomic E-state index is 12.3. The molecule has 0 saturated carbocycles. The van der Waals surface area contributed by atoms with Gasteiger partial charge < -0.3 is 20.5 Å². The van der Waals surface area contributed by atoms with Crippen molar-refractivity contribution >= 4 is 17.3 Å². The largest absolute Gasteiger partial charge is 0.486 e. The lowest BCUT2D eigenvalue weighted by Gasteiger charge is -2.19. The zero-order chi connectivity index (χ0) is 14.8. The van der Waals surface area contributed by atoms with E-state index in [0.29, 0.717) is 41.7 Å². The third kappa shape index (κ3) is 2.76. The number of benzene rings is 2. The van der Waals surface area contributed by atoms with Gasteiger partial charge in [-0.05, 0) is 36.8 Å². The predicted molar refractivity (Wildman–Crippen MR) is 81.0 cm³/mol. The molecular formula is C16H16N2O3. The van der Waals surface area contributed by atoms with Gasteiger partial charge in [-0.25, -0.2) is 0 Å². The minimum atomic E-state index is -0.198. The fourth-order valence-corrected chi connectivity index (χ4v) is 2.20. The van der Waals surface area contributed by atoms with E-state index in [1.807, 2.05) is 13.0 Å². The topological polar surface area (TPSA) is 73.6 Å². The highest BCUT2D eigenvalue weighted by molar-refractivity contribution is 6.05. The molecule has 0 radical (unpaired) electrons. The molecule has 0 aliphatic carbocycles. The highest BCUT2D eigenvalue weighted by Gasteiger charge is 2.14. The van der Waals surface area contributed by atoms with E-state index in [1.165, 1.54) is 0 Å². The van der Waals surface area contributed by atoms with Crippen LogP contribution in [0.15, 0.2) is 36.4 Å². The summed E-state index contributed by atoms with van der Waals surface area (Å²) in [6, 6.07) is 10.6. The average Bonchev–Trinajstić information content (AvgIpc) is 2.49. The molecule has 1 amide bonds. The van der Waals surface area contributed by atoms with E-state index >= 15 is 0 Å². The van der Waals surface area contributed by atoms with E-state index in [9.17, 15) is 4.79 Å². The molecule has 1 aliphatic rings. The third-order valence-corrected chi connectivity index (χ3v) is 3.31. The summed E-state index contributed by atoms with van der Waals surface area (Å²) in [5.74, 6) is 1.14. The number of hydrogen-bond acceptors (Lipinski definition) is 4. The van der Waals surface area contributed by atoms with Gasteiger partial charge in [0.05, 0.1) is 0 Å². The quantitative estimate of drug-likeness (QED) is 0.831. The molecule has 3 N–H and O–H groups in total. The Hall–Kier alpha value is -2.69. The van der Waals surface area contributed by atoms with Crippen LogP contribution < -0.4 is 20.5 Å². The second-order valence-electron chi connectivity index (χ2n) is 4.89. The molecular weight excluding hydrogens is 268 g/mol. The van der Waals surface area contributed by atoms with Crippen LogP contribution in [0.2, 0.25) is 0 Å². The fourth-order valence-electron chi connectivity index (χ4n) is 2.20. The van der Waals surface area contributed by atoms with Gasteiger partial charge in [0.2, 0.25) is 0 Å². The number of nitrogens with two attached hydrogens (primary N) is 1. The first-order chi connectivity index (χ1) is 10.1. The number of aryl methyl sites for hydroxylation is 1. The van der Waals surface area contributed by atoms with Crippen LogP contribution in [0, 0.1) is 6.92 Å². The fraction of sp³-hybridized carbons (Fsp3) is 0.188. The van der Waals surface area contributed by atoms with Crippen molar-refractivity contribution < 1.29 is 14.3 Å². The number of rotatable bonds is 2. The van der Waals surface area contributed by atoms with E-state index in [1.54, 1.807) is 30.3 Å². The first kappa shape index (κ1) is 13.3. The minimum Gasteiger partial charge on any atom is -0.486 e. The van der Waals surface area contributed by atoms with Crippen molar-refractivity contribution in [3.05, 3.63) is 47.5 Å². The van der Waals surface area contributed by atoms with Gasteiger partial charge in [0.15, 0.2) is 11.5 Å². The summed E-state index contributed by atoms with van der Waals surface area (Å²) in [4.78, 5) is 12.3. The lowest BCUT2D eigenvalue weighted by molar-refractivity contribution is 0.102. The molecule has 0 aromatic heterocycles. The van der Waals surface area contributed by atoms with Crippen LogP contribution in [0.5, 0.6) is 11.5 Å². The lowest BCUT2D eigenvalue weighted by atomic mass is 10.1. The number of nitrogen functional groups attached to an aromatic ring is 1. The van der Waals surface area contributed by atoms with Gasteiger partial charge in [0, 0.05) is 23.0 Å². The number of carbonyl (C=O) groups is 1. The van der Waals surface area contributed by atoms with Crippen LogP contribution in [-0.2, 0) is 0 Å². The first-order valence-electron chi connectivity index (χ1n) is 6.70. The summed E-state index contributed by atoms with van der Waals surface area (Å²) >= 11 is 0. The molecule has 2 aromatic rings. The molecule has 1 heterocycles. The molecule has 0 spiro atoms. The summed E-state index contributed by atoms with van der Waals surface area (Å²) in [6.45, 7) is 2.93. The van der Waals surface area contributed by atoms with Gasteiger partial charge in [-0.15, -0.1) is 0 Å². The molecule has 5 nitrogen and oxygen atoms in total. The van der Waals surface area contributed by atoms with Crippen LogP contribution in [-0.4, -0.2) is 19.1 Å². The van der Waals surface area contributed by atoms with Gasteiger partial charge in [0.1, 0.15) is 13.2 Å². The standard InChI is InChI=1S/C16H16N2O3/c1-10-2-3-11(17)8-13(10)16(19)18-12-4-5-14-15(9-12)21-7-6-20-14/h2-5,8-9H,6-7,17H2,1H3,(H,18,19). The van der Waals surface area contributed by atoms with Crippen molar-refractivity contribution in [1.82, 2.24) is 0 Å². The molecule has 0 atom stereocenters. The number of ether oxygens (including phenoxy) is 2. The number of nitrogens with one attached hydrogen (secondary N) is 1. The van der Waals surface area contributed by atoms with Gasteiger partial charge in [-0.1, -0.05) is 6.07 Å².